The van der Waals surface area contributed by atoms with Crippen LogP contribution in [-0.4, -0.2) is 24.4 Å². The molecule has 0 amide bonds. The zero-order chi connectivity index (χ0) is 14.8. The molecule has 0 fully saturated rings. The standard InChI is InChI=1S/C17H28O3/c1-4-5-6-7-12-19-13-17(18)15-8-10-16(11-9-15)20-14(2)3/h8-11,14,17-18H,4-7,12-13H2,1-3H3. The number of ether oxygens (including phenoxy) is 2. The van der Waals surface area contributed by atoms with E-state index in [1.807, 2.05) is 38.1 Å². The average molecular weight is 280 g/mol. The molecule has 0 bridgehead atoms. The van der Waals surface area contributed by atoms with Gasteiger partial charge in [0, 0.05) is 6.61 Å². The smallest absolute Gasteiger partial charge is 0.119 e. The summed E-state index contributed by atoms with van der Waals surface area (Å²) >= 11 is 0. The van der Waals surface area contributed by atoms with Gasteiger partial charge in [-0.1, -0.05) is 38.3 Å². The quantitative estimate of drug-likeness (QED) is 0.656. The van der Waals surface area contributed by atoms with Gasteiger partial charge >= 0.3 is 0 Å². The first kappa shape index (κ1) is 17.0. The van der Waals surface area contributed by atoms with Crippen LogP contribution in [0.4, 0.5) is 0 Å². The number of rotatable bonds is 10. The van der Waals surface area contributed by atoms with Gasteiger partial charge in [0.2, 0.25) is 0 Å². The summed E-state index contributed by atoms with van der Waals surface area (Å²) in [5.74, 6) is 0.830. The molecular formula is C17H28O3. The molecule has 0 radical (unpaired) electrons. The first-order chi connectivity index (χ1) is 9.63. The molecule has 0 saturated heterocycles. The third kappa shape index (κ3) is 6.92. The molecule has 20 heavy (non-hydrogen) atoms. The maximum atomic E-state index is 10.0. The highest BCUT2D eigenvalue weighted by molar-refractivity contribution is 5.28. The lowest BCUT2D eigenvalue weighted by Gasteiger charge is -2.13. The Kier molecular flexibility index (Phi) is 8.31. The van der Waals surface area contributed by atoms with Crippen LogP contribution in [0.25, 0.3) is 0 Å². The molecule has 0 aliphatic heterocycles. The van der Waals surface area contributed by atoms with Gasteiger partial charge in [-0.25, -0.2) is 0 Å². The number of benzene rings is 1. The zero-order valence-corrected chi connectivity index (χ0v) is 13.0. The van der Waals surface area contributed by atoms with E-state index in [1.54, 1.807) is 0 Å². The summed E-state index contributed by atoms with van der Waals surface area (Å²) in [5, 5.41) is 10.0. The van der Waals surface area contributed by atoms with Crippen molar-refractivity contribution < 1.29 is 14.6 Å². The maximum Gasteiger partial charge on any atom is 0.119 e. The molecule has 0 aliphatic rings. The number of aliphatic hydroxyl groups excluding tert-OH is 1. The lowest BCUT2D eigenvalue weighted by Crippen LogP contribution is -2.09. The predicted molar refractivity (Wildman–Crippen MR) is 82.1 cm³/mol. The van der Waals surface area contributed by atoms with E-state index in [-0.39, 0.29) is 6.10 Å². The molecule has 0 heterocycles. The van der Waals surface area contributed by atoms with Crippen molar-refractivity contribution >= 4 is 0 Å². The number of aliphatic hydroxyl groups is 1. The topological polar surface area (TPSA) is 38.7 Å². The molecular weight excluding hydrogens is 252 g/mol. The van der Waals surface area contributed by atoms with E-state index in [4.69, 9.17) is 9.47 Å². The molecule has 1 aromatic carbocycles. The molecule has 1 atom stereocenters. The van der Waals surface area contributed by atoms with E-state index in [9.17, 15) is 5.11 Å². The van der Waals surface area contributed by atoms with E-state index in [1.165, 1.54) is 19.3 Å². The molecule has 114 valence electrons. The van der Waals surface area contributed by atoms with Crippen LogP contribution in [0.5, 0.6) is 5.75 Å². The Balaban J connectivity index is 2.27. The van der Waals surface area contributed by atoms with Crippen LogP contribution in [0.15, 0.2) is 24.3 Å². The zero-order valence-electron chi connectivity index (χ0n) is 13.0. The van der Waals surface area contributed by atoms with Crippen molar-refractivity contribution in [3.8, 4) is 5.75 Å². The third-order valence-corrected chi connectivity index (χ3v) is 3.05. The third-order valence-electron chi connectivity index (χ3n) is 3.05. The Hall–Kier alpha value is -1.06. The summed E-state index contributed by atoms with van der Waals surface area (Å²) in [6, 6.07) is 7.56. The first-order valence-corrected chi connectivity index (χ1v) is 7.66. The highest BCUT2D eigenvalue weighted by atomic mass is 16.5. The van der Waals surface area contributed by atoms with Crippen molar-refractivity contribution in [2.45, 2.75) is 58.7 Å². The molecule has 1 aromatic rings. The Morgan fingerprint density at radius 3 is 2.35 bits per heavy atom. The summed E-state index contributed by atoms with van der Waals surface area (Å²) in [6.45, 7) is 7.27. The largest absolute Gasteiger partial charge is 0.491 e. The van der Waals surface area contributed by atoms with Crippen LogP contribution >= 0.6 is 0 Å². The van der Waals surface area contributed by atoms with E-state index >= 15 is 0 Å². The molecule has 0 aromatic heterocycles. The highest BCUT2D eigenvalue weighted by Gasteiger charge is 2.08. The van der Waals surface area contributed by atoms with Crippen molar-refractivity contribution in [1.29, 1.82) is 0 Å². The van der Waals surface area contributed by atoms with Crippen molar-refractivity contribution in [3.05, 3.63) is 29.8 Å². The minimum atomic E-state index is -0.561. The van der Waals surface area contributed by atoms with Gasteiger partial charge in [-0.15, -0.1) is 0 Å². The molecule has 1 unspecified atom stereocenters. The fourth-order valence-electron chi connectivity index (χ4n) is 1.96. The number of unbranched alkanes of at least 4 members (excludes halogenated alkanes) is 3. The molecule has 0 spiro atoms. The van der Waals surface area contributed by atoms with E-state index < -0.39 is 6.10 Å². The van der Waals surface area contributed by atoms with Gasteiger partial charge in [0.15, 0.2) is 0 Å². The van der Waals surface area contributed by atoms with E-state index in [0.29, 0.717) is 6.61 Å². The SMILES string of the molecule is CCCCCCOCC(O)c1ccc(OC(C)C)cc1. The van der Waals surface area contributed by atoms with Crippen molar-refractivity contribution in [2.75, 3.05) is 13.2 Å². The van der Waals surface area contributed by atoms with Crippen LogP contribution in [0, 0.1) is 0 Å². The molecule has 1 N–H and O–H groups in total. The minimum absolute atomic E-state index is 0.164. The lowest BCUT2D eigenvalue weighted by molar-refractivity contribution is 0.0344. The predicted octanol–water partition coefficient (Wildman–Crippen LogP) is 4.10. The Bertz CT molecular complexity index is 346. The van der Waals surface area contributed by atoms with Crippen molar-refractivity contribution in [3.63, 3.8) is 0 Å². The Morgan fingerprint density at radius 1 is 1.05 bits per heavy atom. The van der Waals surface area contributed by atoms with Gasteiger partial charge in [-0.2, -0.15) is 0 Å². The van der Waals surface area contributed by atoms with Crippen LogP contribution in [0.1, 0.15) is 58.1 Å². The number of hydrogen-bond acceptors (Lipinski definition) is 3. The number of hydrogen-bond donors (Lipinski definition) is 1. The minimum Gasteiger partial charge on any atom is -0.491 e. The van der Waals surface area contributed by atoms with Crippen molar-refractivity contribution in [1.82, 2.24) is 0 Å². The molecule has 0 saturated carbocycles. The monoisotopic (exact) mass is 280 g/mol. The van der Waals surface area contributed by atoms with Crippen molar-refractivity contribution in [2.24, 2.45) is 0 Å². The van der Waals surface area contributed by atoms with Gasteiger partial charge < -0.3 is 14.6 Å². The second-order valence-electron chi connectivity index (χ2n) is 5.39. The Morgan fingerprint density at radius 2 is 1.75 bits per heavy atom. The second-order valence-corrected chi connectivity index (χ2v) is 5.39. The maximum absolute atomic E-state index is 10.0. The molecule has 0 aliphatic carbocycles. The van der Waals surface area contributed by atoms with Gasteiger partial charge in [0.1, 0.15) is 11.9 Å². The fourth-order valence-corrected chi connectivity index (χ4v) is 1.96. The molecule has 3 heteroatoms. The van der Waals surface area contributed by atoms with E-state index in [2.05, 4.69) is 6.92 Å². The molecule has 3 nitrogen and oxygen atoms in total. The summed E-state index contributed by atoms with van der Waals surface area (Å²) in [4.78, 5) is 0. The normalized spacial score (nSPS) is 12.7. The van der Waals surface area contributed by atoms with E-state index in [0.717, 1.165) is 24.3 Å². The lowest BCUT2D eigenvalue weighted by atomic mass is 10.1. The van der Waals surface area contributed by atoms with Crippen LogP contribution < -0.4 is 4.74 Å². The van der Waals surface area contributed by atoms with Crippen LogP contribution in [-0.2, 0) is 4.74 Å². The van der Waals surface area contributed by atoms with Crippen LogP contribution in [0.2, 0.25) is 0 Å². The van der Waals surface area contributed by atoms with Crippen LogP contribution in [0.3, 0.4) is 0 Å². The average Bonchev–Trinajstić information content (AvgIpc) is 2.42. The van der Waals surface area contributed by atoms with Gasteiger partial charge in [0.25, 0.3) is 0 Å². The summed E-state index contributed by atoms with van der Waals surface area (Å²) < 4.78 is 11.1. The second kappa shape index (κ2) is 9.78. The van der Waals surface area contributed by atoms with Gasteiger partial charge in [-0.05, 0) is 38.0 Å². The fraction of sp³-hybridized carbons (Fsp3) is 0.647. The summed E-state index contributed by atoms with van der Waals surface area (Å²) in [5.41, 5.74) is 0.870. The van der Waals surface area contributed by atoms with Gasteiger partial charge in [0.05, 0.1) is 12.7 Å². The first-order valence-electron chi connectivity index (χ1n) is 7.66. The summed E-state index contributed by atoms with van der Waals surface area (Å²) in [7, 11) is 0. The highest BCUT2D eigenvalue weighted by Crippen LogP contribution is 2.19. The van der Waals surface area contributed by atoms with Gasteiger partial charge in [-0.3, -0.25) is 0 Å². The summed E-state index contributed by atoms with van der Waals surface area (Å²) in [6.07, 6.45) is 4.36. The molecule has 1 rings (SSSR count). The Labute approximate surface area is 122 Å².